The highest BCUT2D eigenvalue weighted by atomic mass is 15.1. The molecule has 2 heterocycles. The van der Waals surface area contributed by atoms with Crippen molar-refractivity contribution in [1.82, 2.24) is 9.97 Å². The molecule has 2 N–H and O–H groups in total. The number of hydrogen-bond donors (Lipinski definition) is 2. The van der Waals surface area contributed by atoms with Crippen LogP contribution in [-0.2, 0) is 0 Å². The first kappa shape index (κ1) is 15.6. The second-order valence-corrected chi connectivity index (χ2v) is 5.93. The van der Waals surface area contributed by atoms with Gasteiger partial charge in [-0.15, -0.1) is 0 Å². The van der Waals surface area contributed by atoms with Gasteiger partial charge in [-0.05, 0) is 43.5 Å². The Morgan fingerprint density at radius 2 is 1.78 bits per heavy atom. The zero-order chi connectivity index (χ0) is 15.9. The van der Waals surface area contributed by atoms with Crippen molar-refractivity contribution in [2.75, 3.05) is 35.2 Å². The van der Waals surface area contributed by atoms with E-state index in [1.807, 2.05) is 6.07 Å². The number of nitrogens with zero attached hydrogens (tertiary/aromatic N) is 3. The summed E-state index contributed by atoms with van der Waals surface area (Å²) in [5.41, 5.74) is 2.35. The average Bonchev–Trinajstić information content (AvgIpc) is 3.11. The zero-order valence-electron chi connectivity index (χ0n) is 13.8. The van der Waals surface area contributed by atoms with Gasteiger partial charge in [-0.3, -0.25) is 0 Å². The quantitative estimate of drug-likeness (QED) is 0.756. The molecule has 0 saturated carbocycles. The Hall–Kier alpha value is -2.30. The third-order valence-electron chi connectivity index (χ3n) is 4.11. The molecule has 0 amide bonds. The summed E-state index contributed by atoms with van der Waals surface area (Å²) in [5, 5.41) is 6.66. The van der Waals surface area contributed by atoms with Gasteiger partial charge in [0, 0.05) is 37.1 Å². The lowest BCUT2D eigenvalue weighted by Crippen LogP contribution is -2.17. The number of anilines is 4. The Kier molecular flexibility index (Phi) is 5.29. The smallest absolute Gasteiger partial charge is 0.135 e. The molecule has 122 valence electrons. The van der Waals surface area contributed by atoms with Crippen LogP contribution in [0.5, 0.6) is 0 Å². The molecule has 3 rings (SSSR count). The van der Waals surface area contributed by atoms with Crippen LogP contribution in [0.4, 0.5) is 23.0 Å². The van der Waals surface area contributed by atoms with Crippen LogP contribution >= 0.6 is 0 Å². The molecule has 1 aromatic carbocycles. The van der Waals surface area contributed by atoms with Crippen molar-refractivity contribution in [3.05, 3.63) is 36.7 Å². The minimum atomic E-state index is 0.813. The minimum absolute atomic E-state index is 0.813. The lowest BCUT2D eigenvalue weighted by Gasteiger charge is -2.18. The highest BCUT2D eigenvalue weighted by Gasteiger charge is 2.11. The van der Waals surface area contributed by atoms with E-state index in [1.165, 1.54) is 38.0 Å². The maximum absolute atomic E-state index is 4.29. The summed E-state index contributed by atoms with van der Waals surface area (Å²) in [6.45, 7) is 5.47. The fourth-order valence-electron chi connectivity index (χ4n) is 2.79. The summed E-state index contributed by atoms with van der Waals surface area (Å²) in [7, 11) is 0. The molecule has 0 atom stereocenters. The SMILES string of the molecule is CCCCNc1cc(Nc2ccc(N3CCCC3)cc2)ncn1. The second kappa shape index (κ2) is 7.81. The molecule has 0 radical (unpaired) electrons. The molecule has 1 aromatic heterocycles. The predicted molar refractivity (Wildman–Crippen MR) is 96.6 cm³/mol. The van der Waals surface area contributed by atoms with Gasteiger partial charge < -0.3 is 15.5 Å². The highest BCUT2D eigenvalue weighted by molar-refractivity contribution is 5.62. The van der Waals surface area contributed by atoms with E-state index < -0.39 is 0 Å². The Bertz CT molecular complexity index is 605. The third kappa shape index (κ3) is 4.34. The van der Waals surface area contributed by atoms with Crippen molar-refractivity contribution in [1.29, 1.82) is 0 Å². The summed E-state index contributed by atoms with van der Waals surface area (Å²) >= 11 is 0. The van der Waals surface area contributed by atoms with Crippen LogP contribution in [-0.4, -0.2) is 29.6 Å². The number of nitrogens with one attached hydrogen (secondary N) is 2. The van der Waals surface area contributed by atoms with E-state index in [9.17, 15) is 0 Å². The van der Waals surface area contributed by atoms with Crippen LogP contribution in [0.25, 0.3) is 0 Å². The lowest BCUT2D eigenvalue weighted by molar-refractivity contribution is 0.830. The van der Waals surface area contributed by atoms with Crippen molar-refractivity contribution < 1.29 is 0 Å². The average molecular weight is 311 g/mol. The number of unbranched alkanes of at least 4 members (excludes halogenated alkanes) is 1. The van der Waals surface area contributed by atoms with E-state index in [0.717, 1.165) is 30.3 Å². The Morgan fingerprint density at radius 3 is 2.52 bits per heavy atom. The standard InChI is InChI=1S/C18H25N5/c1-2-3-10-19-17-13-18(21-14-20-17)22-15-6-8-16(9-7-15)23-11-4-5-12-23/h6-9,13-14H,2-5,10-12H2,1H3,(H2,19,20,21,22). The molecule has 5 nitrogen and oxygen atoms in total. The van der Waals surface area contributed by atoms with Crippen molar-refractivity contribution in [3.63, 3.8) is 0 Å². The van der Waals surface area contributed by atoms with Crippen LogP contribution in [0.2, 0.25) is 0 Å². The largest absolute Gasteiger partial charge is 0.372 e. The maximum atomic E-state index is 4.29. The predicted octanol–water partition coefficient (Wildman–Crippen LogP) is 4.03. The zero-order valence-corrected chi connectivity index (χ0v) is 13.8. The molecule has 23 heavy (non-hydrogen) atoms. The van der Waals surface area contributed by atoms with Crippen LogP contribution in [0.15, 0.2) is 36.7 Å². The molecule has 0 bridgehead atoms. The Labute approximate surface area is 138 Å². The summed E-state index contributed by atoms with van der Waals surface area (Å²) in [6.07, 6.45) is 6.51. The number of aromatic nitrogens is 2. The number of rotatable bonds is 7. The topological polar surface area (TPSA) is 53.1 Å². The van der Waals surface area contributed by atoms with Gasteiger partial charge >= 0.3 is 0 Å². The summed E-state index contributed by atoms with van der Waals surface area (Å²) < 4.78 is 0. The Morgan fingerprint density at radius 1 is 1.04 bits per heavy atom. The van der Waals surface area contributed by atoms with Gasteiger partial charge in [-0.2, -0.15) is 0 Å². The molecular weight excluding hydrogens is 286 g/mol. The van der Waals surface area contributed by atoms with E-state index in [2.05, 4.69) is 56.7 Å². The fraction of sp³-hybridized carbons (Fsp3) is 0.444. The van der Waals surface area contributed by atoms with E-state index in [1.54, 1.807) is 6.33 Å². The molecule has 0 aliphatic carbocycles. The Balaban J connectivity index is 1.61. The maximum Gasteiger partial charge on any atom is 0.135 e. The second-order valence-electron chi connectivity index (χ2n) is 5.93. The minimum Gasteiger partial charge on any atom is -0.372 e. The highest BCUT2D eigenvalue weighted by Crippen LogP contribution is 2.23. The van der Waals surface area contributed by atoms with Crippen molar-refractivity contribution in [2.24, 2.45) is 0 Å². The van der Waals surface area contributed by atoms with Gasteiger partial charge in [-0.25, -0.2) is 9.97 Å². The number of benzene rings is 1. The van der Waals surface area contributed by atoms with E-state index in [-0.39, 0.29) is 0 Å². The monoisotopic (exact) mass is 311 g/mol. The van der Waals surface area contributed by atoms with E-state index in [0.29, 0.717) is 0 Å². The molecule has 1 saturated heterocycles. The van der Waals surface area contributed by atoms with Crippen LogP contribution in [0, 0.1) is 0 Å². The van der Waals surface area contributed by atoms with Crippen LogP contribution in [0.3, 0.4) is 0 Å². The first-order valence-electron chi connectivity index (χ1n) is 8.53. The molecule has 0 spiro atoms. The normalized spacial score (nSPS) is 14.0. The molecule has 1 aliphatic rings. The van der Waals surface area contributed by atoms with Crippen molar-refractivity contribution >= 4 is 23.0 Å². The summed E-state index contributed by atoms with van der Waals surface area (Å²) in [5.74, 6) is 1.68. The van der Waals surface area contributed by atoms with Gasteiger partial charge in [0.05, 0.1) is 0 Å². The van der Waals surface area contributed by atoms with Crippen LogP contribution in [0.1, 0.15) is 32.6 Å². The van der Waals surface area contributed by atoms with Gasteiger partial charge in [0.25, 0.3) is 0 Å². The molecule has 0 unspecified atom stereocenters. The molecule has 2 aromatic rings. The molecular formula is C18H25N5. The molecule has 5 heteroatoms. The summed E-state index contributed by atoms with van der Waals surface area (Å²) in [4.78, 5) is 11.0. The fourth-order valence-corrected chi connectivity index (χ4v) is 2.79. The van der Waals surface area contributed by atoms with E-state index in [4.69, 9.17) is 0 Å². The van der Waals surface area contributed by atoms with Gasteiger partial charge in [0.1, 0.15) is 18.0 Å². The number of hydrogen-bond acceptors (Lipinski definition) is 5. The van der Waals surface area contributed by atoms with E-state index >= 15 is 0 Å². The van der Waals surface area contributed by atoms with Gasteiger partial charge in [-0.1, -0.05) is 13.3 Å². The van der Waals surface area contributed by atoms with Crippen LogP contribution < -0.4 is 15.5 Å². The van der Waals surface area contributed by atoms with Gasteiger partial charge in [0.15, 0.2) is 0 Å². The molecule has 1 fully saturated rings. The van der Waals surface area contributed by atoms with Crippen molar-refractivity contribution in [3.8, 4) is 0 Å². The van der Waals surface area contributed by atoms with Gasteiger partial charge in [0.2, 0.25) is 0 Å². The first-order valence-corrected chi connectivity index (χ1v) is 8.53. The molecule has 1 aliphatic heterocycles. The third-order valence-corrected chi connectivity index (χ3v) is 4.11. The van der Waals surface area contributed by atoms with Crippen molar-refractivity contribution in [2.45, 2.75) is 32.6 Å². The first-order chi connectivity index (χ1) is 11.3. The lowest BCUT2D eigenvalue weighted by atomic mass is 10.2. The summed E-state index contributed by atoms with van der Waals surface area (Å²) in [6, 6.07) is 10.5.